The maximum atomic E-state index is 12.7. The second-order valence-electron chi connectivity index (χ2n) is 6.71. The minimum Gasteiger partial charge on any atom is -0.344 e. The first kappa shape index (κ1) is 15.3. The van der Waals surface area contributed by atoms with Crippen molar-refractivity contribution in [3.63, 3.8) is 0 Å². The molecule has 1 saturated heterocycles. The number of aromatic nitrogens is 3. The van der Waals surface area contributed by atoms with Gasteiger partial charge in [-0.05, 0) is 56.8 Å². The Kier molecular flexibility index (Phi) is 4.06. The van der Waals surface area contributed by atoms with Crippen molar-refractivity contribution in [3.8, 4) is 0 Å². The van der Waals surface area contributed by atoms with Gasteiger partial charge in [0.15, 0.2) is 5.69 Å². The summed E-state index contributed by atoms with van der Waals surface area (Å²) in [5.41, 5.74) is 3.88. The summed E-state index contributed by atoms with van der Waals surface area (Å²) < 4.78 is 1.93. The SMILES string of the molecule is Cc1c(C(=O)NC2CCc3ccccc32)nnn1C1CCNCC1. The highest BCUT2D eigenvalue weighted by Gasteiger charge is 2.27. The van der Waals surface area contributed by atoms with Crippen LogP contribution < -0.4 is 10.6 Å². The minimum atomic E-state index is -0.116. The van der Waals surface area contributed by atoms with Gasteiger partial charge in [-0.2, -0.15) is 0 Å². The van der Waals surface area contributed by atoms with E-state index >= 15 is 0 Å². The van der Waals surface area contributed by atoms with Gasteiger partial charge in [-0.1, -0.05) is 29.5 Å². The predicted molar refractivity (Wildman–Crippen MR) is 90.9 cm³/mol. The van der Waals surface area contributed by atoms with Gasteiger partial charge in [0.25, 0.3) is 5.91 Å². The van der Waals surface area contributed by atoms with E-state index in [4.69, 9.17) is 0 Å². The number of carbonyl (C=O) groups excluding carboxylic acids is 1. The summed E-state index contributed by atoms with van der Waals surface area (Å²) in [5.74, 6) is -0.116. The van der Waals surface area contributed by atoms with Crippen LogP contribution in [0.3, 0.4) is 0 Å². The van der Waals surface area contributed by atoms with Gasteiger partial charge in [-0.15, -0.1) is 5.10 Å². The zero-order chi connectivity index (χ0) is 16.5. The predicted octanol–water partition coefficient (Wildman–Crippen LogP) is 1.93. The van der Waals surface area contributed by atoms with Crippen LogP contribution in [0.15, 0.2) is 24.3 Å². The van der Waals surface area contributed by atoms with E-state index in [2.05, 4.69) is 39.1 Å². The van der Waals surface area contributed by atoms with Crippen molar-refractivity contribution in [2.45, 2.75) is 44.7 Å². The van der Waals surface area contributed by atoms with E-state index in [1.165, 1.54) is 11.1 Å². The number of nitrogens with zero attached hydrogens (tertiary/aromatic N) is 3. The van der Waals surface area contributed by atoms with Gasteiger partial charge in [0.05, 0.1) is 17.8 Å². The summed E-state index contributed by atoms with van der Waals surface area (Å²) in [6.07, 6.45) is 4.02. The van der Waals surface area contributed by atoms with Gasteiger partial charge in [0.2, 0.25) is 0 Å². The van der Waals surface area contributed by atoms with E-state index in [-0.39, 0.29) is 11.9 Å². The van der Waals surface area contributed by atoms with E-state index < -0.39 is 0 Å². The van der Waals surface area contributed by atoms with Crippen molar-refractivity contribution in [1.82, 2.24) is 25.6 Å². The molecule has 6 nitrogen and oxygen atoms in total. The average Bonchev–Trinajstić information content (AvgIpc) is 3.20. The number of hydrogen-bond donors (Lipinski definition) is 2. The Labute approximate surface area is 141 Å². The second kappa shape index (κ2) is 6.36. The molecule has 1 aromatic heterocycles. The largest absolute Gasteiger partial charge is 0.344 e. The van der Waals surface area contributed by atoms with Crippen LogP contribution in [0.25, 0.3) is 0 Å². The zero-order valence-corrected chi connectivity index (χ0v) is 14.0. The first-order chi connectivity index (χ1) is 11.7. The normalized spacial score (nSPS) is 20.8. The number of carbonyl (C=O) groups is 1. The van der Waals surface area contributed by atoms with Crippen molar-refractivity contribution in [1.29, 1.82) is 0 Å². The molecule has 0 spiro atoms. The monoisotopic (exact) mass is 325 g/mol. The molecule has 1 aliphatic heterocycles. The third-order valence-corrected chi connectivity index (χ3v) is 5.24. The number of benzene rings is 1. The number of rotatable bonds is 3. The fourth-order valence-corrected chi connectivity index (χ4v) is 3.88. The van der Waals surface area contributed by atoms with Gasteiger partial charge in [0.1, 0.15) is 0 Å². The summed E-state index contributed by atoms with van der Waals surface area (Å²) in [7, 11) is 0. The van der Waals surface area contributed by atoms with Gasteiger partial charge >= 0.3 is 0 Å². The molecule has 2 aliphatic rings. The molecule has 1 aromatic carbocycles. The molecule has 0 saturated carbocycles. The fraction of sp³-hybridized carbons (Fsp3) is 0.500. The van der Waals surface area contributed by atoms with E-state index in [0.29, 0.717) is 11.7 Å². The van der Waals surface area contributed by atoms with Crippen molar-refractivity contribution in [2.75, 3.05) is 13.1 Å². The van der Waals surface area contributed by atoms with E-state index in [1.54, 1.807) is 0 Å². The van der Waals surface area contributed by atoms with Crippen LogP contribution in [0.1, 0.15) is 58.7 Å². The first-order valence-electron chi connectivity index (χ1n) is 8.75. The fourth-order valence-electron chi connectivity index (χ4n) is 3.88. The van der Waals surface area contributed by atoms with E-state index in [0.717, 1.165) is 44.5 Å². The lowest BCUT2D eigenvalue weighted by atomic mass is 10.1. The Hall–Kier alpha value is -2.21. The molecule has 1 atom stereocenters. The van der Waals surface area contributed by atoms with Crippen LogP contribution in [-0.2, 0) is 6.42 Å². The zero-order valence-electron chi connectivity index (χ0n) is 14.0. The van der Waals surface area contributed by atoms with Gasteiger partial charge < -0.3 is 10.6 Å². The van der Waals surface area contributed by atoms with Gasteiger partial charge in [0, 0.05) is 0 Å². The molecular weight excluding hydrogens is 302 g/mol. The standard InChI is InChI=1S/C18H23N5O/c1-12-17(21-22-23(12)14-8-10-19-11-9-14)18(24)20-16-7-6-13-4-2-3-5-15(13)16/h2-5,14,16,19H,6-11H2,1H3,(H,20,24). The molecule has 2 aromatic rings. The number of aryl methyl sites for hydroxylation is 1. The Morgan fingerprint density at radius 3 is 2.88 bits per heavy atom. The van der Waals surface area contributed by atoms with Gasteiger partial charge in [-0.25, -0.2) is 4.68 Å². The Morgan fingerprint density at radius 2 is 2.04 bits per heavy atom. The summed E-state index contributed by atoms with van der Waals surface area (Å²) >= 11 is 0. The van der Waals surface area contributed by atoms with Crippen molar-refractivity contribution >= 4 is 5.91 Å². The second-order valence-corrected chi connectivity index (χ2v) is 6.71. The quantitative estimate of drug-likeness (QED) is 0.904. The van der Waals surface area contributed by atoms with Crippen molar-refractivity contribution < 1.29 is 4.79 Å². The smallest absolute Gasteiger partial charge is 0.274 e. The molecule has 1 unspecified atom stereocenters. The number of fused-ring (bicyclic) bond motifs is 1. The molecular formula is C18H23N5O. The van der Waals surface area contributed by atoms with E-state index in [9.17, 15) is 4.79 Å². The molecule has 126 valence electrons. The molecule has 1 aliphatic carbocycles. The molecule has 2 N–H and O–H groups in total. The Bertz CT molecular complexity index is 748. The maximum Gasteiger partial charge on any atom is 0.274 e. The lowest BCUT2D eigenvalue weighted by Crippen LogP contribution is -2.31. The molecule has 4 rings (SSSR count). The molecule has 0 bridgehead atoms. The number of amides is 1. The van der Waals surface area contributed by atoms with Crippen LogP contribution in [0.2, 0.25) is 0 Å². The molecule has 24 heavy (non-hydrogen) atoms. The highest BCUT2D eigenvalue weighted by atomic mass is 16.2. The molecule has 6 heteroatoms. The number of nitrogens with one attached hydrogen (secondary N) is 2. The lowest BCUT2D eigenvalue weighted by molar-refractivity contribution is 0.0931. The summed E-state index contributed by atoms with van der Waals surface area (Å²) in [6, 6.07) is 8.75. The van der Waals surface area contributed by atoms with Crippen LogP contribution >= 0.6 is 0 Å². The highest BCUT2D eigenvalue weighted by Crippen LogP contribution is 2.31. The molecule has 2 heterocycles. The van der Waals surface area contributed by atoms with Crippen LogP contribution in [-0.4, -0.2) is 34.0 Å². The lowest BCUT2D eigenvalue weighted by Gasteiger charge is -2.23. The topological polar surface area (TPSA) is 71.8 Å². The summed E-state index contributed by atoms with van der Waals surface area (Å²) in [4.78, 5) is 12.7. The van der Waals surface area contributed by atoms with Crippen LogP contribution in [0, 0.1) is 6.92 Å². The third kappa shape index (κ3) is 2.71. The summed E-state index contributed by atoms with van der Waals surface area (Å²) in [6.45, 7) is 3.92. The van der Waals surface area contributed by atoms with Crippen LogP contribution in [0.4, 0.5) is 0 Å². The third-order valence-electron chi connectivity index (χ3n) is 5.24. The highest BCUT2D eigenvalue weighted by molar-refractivity contribution is 5.93. The molecule has 1 fully saturated rings. The van der Waals surface area contributed by atoms with E-state index in [1.807, 2.05) is 17.7 Å². The molecule has 0 radical (unpaired) electrons. The minimum absolute atomic E-state index is 0.0807. The Balaban J connectivity index is 1.50. The first-order valence-corrected chi connectivity index (χ1v) is 8.75. The number of hydrogen-bond acceptors (Lipinski definition) is 4. The maximum absolute atomic E-state index is 12.7. The number of piperidine rings is 1. The summed E-state index contributed by atoms with van der Waals surface area (Å²) in [5, 5.41) is 14.9. The van der Waals surface area contributed by atoms with Crippen LogP contribution in [0.5, 0.6) is 0 Å². The van der Waals surface area contributed by atoms with Gasteiger partial charge in [-0.3, -0.25) is 4.79 Å². The van der Waals surface area contributed by atoms with Crippen molar-refractivity contribution in [2.24, 2.45) is 0 Å². The van der Waals surface area contributed by atoms with Crippen molar-refractivity contribution in [3.05, 3.63) is 46.8 Å². The molecule has 1 amide bonds. The average molecular weight is 325 g/mol. The Morgan fingerprint density at radius 1 is 1.25 bits per heavy atom.